The number of rotatable bonds is 6. The molecule has 2 N–H and O–H groups in total. The van der Waals surface area contributed by atoms with Crippen molar-refractivity contribution in [3.05, 3.63) is 53.3 Å². The molecule has 0 unspecified atom stereocenters. The fraction of sp³-hybridized carbons (Fsp3) is 0.278. The molecule has 2 aromatic rings. The Morgan fingerprint density at radius 3 is 2.58 bits per heavy atom. The maximum Gasteiger partial charge on any atom is 0.247 e. The van der Waals surface area contributed by atoms with Gasteiger partial charge in [0.2, 0.25) is 11.8 Å². The number of anilines is 1. The van der Waals surface area contributed by atoms with E-state index in [0.29, 0.717) is 23.6 Å². The summed E-state index contributed by atoms with van der Waals surface area (Å²) >= 11 is 0. The van der Waals surface area contributed by atoms with Gasteiger partial charge in [-0.1, -0.05) is 42.4 Å². The summed E-state index contributed by atoms with van der Waals surface area (Å²) in [7, 11) is 0. The summed E-state index contributed by atoms with van der Waals surface area (Å²) in [4.78, 5) is 24.5. The third-order valence-corrected chi connectivity index (χ3v) is 3.43. The zero-order valence-corrected chi connectivity index (χ0v) is 14.0. The smallest absolute Gasteiger partial charge is 0.247 e. The zero-order chi connectivity index (χ0) is 17.5. The van der Waals surface area contributed by atoms with Gasteiger partial charge in [-0.2, -0.15) is 0 Å². The highest BCUT2D eigenvalue weighted by Crippen LogP contribution is 2.11. The third kappa shape index (κ3) is 4.81. The van der Waals surface area contributed by atoms with Crippen molar-refractivity contribution in [3.63, 3.8) is 0 Å². The molecule has 0 saturated heterocycles. The van der Waals surface area contributed by atoms with Crippen LogP contribution in [0.2, 0.25) is 0 Å². The molecule has 24 heavy (non-hydrogen) atoms. The van der Waals surface area contributed by atoms with Gasteiger partial charge in [-0.15, -0.1) is 0 Å². The van der Waals surface area contributed by atoms with Crippen LogP contribution in [0.25, 0.3) is 6.08 Å². The van der Waals surface area contributed by atoms with Crippen LogP contribution in [0.3, 0.4) is 0 Å². The average Bonchev–Trinajstić information content (AvgIpc) is 2.98. The number of aryl methyl sites for hydroxylation is 1. The Balaban J connectivity index is 1.98. The maximum atomic E-state index is 12.4. The first-order valence-electron chi connectivity index (χ1n) is 7.80. The van der Waals surface area contributed by atoms with Gasteiger partial charge in [0, 0.05) is 11.6 Å². The Labute approximate surface area is 140 Å². The summed E-state index contributed by atoms with van der Waals surface area (Å²) < 4.78 is 4.89. The van der Waals surface area contributed by atoms with E-state index in [-0.39, 0.29) is 11.8 Å². The van der Waals surface area contributed by atoms with Crippen LogP contribution in [0.15, 0.2) is 46.5 Å². The van der Waals surface area contributed by atoms with Crippen molar-refractivity contribution in [2.45, 2.75) is 33.2 Å². The number of nitrogens with one attached hydrogen (secondary N) is 2. The van der Waals surface area contributed by atoms with Crippen LogP contribution in [0.1, 0.15) is 31.6 Å². The van der Waals surface area contributed by atoms with Crippen molar-refractivity contribution in [2.24, 2.45) is 0 Å². The first kappa shape index (κ1) is 17.5. The van der Waals surface area contributed by atoms with Crippen molar-refractivity contribution < 1.29 is 14.1 Å². The highest BCUT2D eigenvalue weighted by Gasteiger charge is 2.18. The summed E-state index contributed by atoms with van der Waals surface area (Å²) in [6, 6.07) is 10.5. The number of carbonyl (C=O) groups is 2. The lowest BCUT2D eigenvalue weighted by molar-refractivity contribution is -0.124. The van der Waals surface area contributed by atoms with E-state index in [1.165, 1.54) is 0 Å². The Morgan fingerprint density at radius 1 is 1.29 bits per heavy atom. The number of carbonyl (C=O) groups excluding carboxylic acids is 2. The number of benzene rings is 1. The van der Waals surface area contributed by atoms with Crippen molar-refractivity contribution >= 4 is 23.7 Å². The minimum atomic E-state index is -0.694. The van der Waals surface area contributed by atoms with Crippen molar-refractivity contribution in [3.8, 4) is 0 Å². The first-order valence-corrected chi connectivity index (χ1v) is 7.80. The van der Waals surface area contributed by atoms with E-state index in [4.69, 9.17) is 4.52 Å². The van der Waals surface area contributed by atoms with Crippen LogP contribution in [-0.2, 0) is 9.59 Å². The molecule has 2 amide bonds. The first-order chi connectivity index (χ1) is 11.5. The second-order valence-electron chi connectivity index (χ2n) is 5.44. The van der Waals surface area contributed by atoms with Crippen molar-refractivity contribution in [1.29, 1.82) is 0 Å². The minimum absolute atomic E-state index is 0.264. The quantitative estimate of drug-likeness (QED) is 0.799. The normalized spacial score (nSPS) is 12.5. The second kappa shape index (κ2) is 8.10. The molecule has 6 heteroatoms. The molecule has 0 aliphatic heterocycles. The van der Waals surface area contributed by atoms with Gasteiger partial charge in [0.1, 0.15) is 11.8 Å². The number of hydrogen-bond acceptors (Lipinski definition) is 4. The topological polar surface area (TPSA) is 84.2 Å². The molecule has 126 valence electrons. The third-order valence-electron chi connectivity index (χ3n) is 3.43. The summed E-state index contributed by atoms with van der Waals surface area (Å²) in [5.41, 5.74) is 1.55. The van der Waals surface area contributed by atoms with Gasteiger partial charge in [0.15, 0.2) is 5.82 Å². The second-order valence-corrected chi connectivity index (χ2v) is 5.44. The van der Waals surface area contributed by atoms with Crippen LogP contribution in [-0.4, -0.2) is 23.0 Å². The highest BCUT2D eigenvalue weighted by atomic mass is 16.5. The molecule has 1 aromatic heterocycles. The van der Waals surface area contributed by atoms with Crippen LogP contribution >= 0.6 is 0 Å². The van der Waals surface area contributed by atoms with Crippen LogP contribution in [0, 0.1) is 6.92 Å². The fourth-order valence-corrected chi connectivity index (χ4v) is 2.09. The molecule has 1 atom stereocenters. The van der Waals surface area contributed by atoms with Crippen LogP contribution in [0.5, 0.6) is 0 Å². The molecule has 0 saturated carbocycles. The van der Waals surface area contributed by atoms with Gasteiger partial charge in [-0.05, 0) is 31.9 Å². The number of aromatic nitrogens is 1. The lowest BCUT2D eigenvalue weighted by Gasteiger charge is -2.14. The summed E-state index contributed by atoms with van der Waals surface area (Å²) in [5, 5.41) is 8.99. The van der Waals surface area contributed by atoms with E-state index >= 15 is 0 Å². The molecule has 1 heterocycles. The van der Waals surface area contributed by atoms with E-state index in [0.717, 1.165) is 5.56 Å². The van der Waals surface area contributed by atoms with Crippen molar-refractivity contribution in [1.82, 2.24) is 10.5 Å². The molecule has 0 aliphatic carbocycles. The van der Waals surface area contributed by atoms with Gasteiger partial charge >= 0.3 is 0 Å². The van der Waals surface area contributed by atoms with E-state index in [1.807, 2.05) is 43.3 Å². The van der Waals surface area contributed by atoms with E-state index in [2.05, 4.69) is 15.8 Å². The zero-order valence-electron chi connectivity index (χ0n) is 14.0. The molecule has 0 bridgehead atoms. The minimum Gasteiger partial charge on any atom is -0.360 e. The fourth-order valence-electron chi connectivity index (χ4n) is 2.09. The Morgan fingerprint density at radius 2 is 2.00 bits per heavy atom. The molecule has 0 spiro atoms. The summed E-state index contributed by atoms with van der Waals surface area (Å²) in [6.07, 6.45) is 2.39. The number of hydrogen-bond donors (Lipinski definition) is 2. The SMILES string of the molecule is CC/C(=C\c1ccccc1)C(=O)N[C@H](C)C(=O)Nc1cc(C)on1. The van der Waals surface area contributed by atoms with E-state index in [1.54, 1.807) is 19.9 Å². The average molecular weight is 327 g/mol. The van der Waals surface area contributed by atoms with Gasteiger partial charge in [0.05, 0.1) is 0 Å². The standard InChI is InChI=1S/C18H21N3O3/c1-4-15(11-14-8-6-5-7-9-14)18(23)19-13(3)17(22)20-16-10-12(2)24-21-16/h5-11,13H,4H2,1-3H3,(H,19,23)(H,20,21,22)/b15-11+/t13-/m1/s1. The molecular formula is C18H21N3O3. The molecular weight excluding hydrogens is 306 g/mol. The van der Waals surface area contributed by atoms with E-state index < -0.39 is 6.04 Å². The van der Waals surface area contributed by atoms with Gasteiger partial charge in [-0.3, -0.25) is 9.59 Å². The lowest BCUT2D eigenvalue weighted by atomic mass is 10.1. The van der Waals surface area contributed by atoms with Crippen molar-refractivity contribution in [2.75, 3.05) is 5.32 Å². The number of amides is 2. The number of nitrogens with zero attached hydrogens (tertiary/aromatic N) is 1. The summed E-state index contributed by atoms with van der Waals surface area (Å²) in [6.45, 7) is 5.25. The molecule has 1 aromatic carbocycles. The van der Waals surface area contributed by atoms with Gasteiger partial charge < -0.3 is 15.2 Å². The largest absolute Gasteiger partial charge is 0.360 e. The predicted octanol–water partition coefficient (Wildman–Crippen LogP) is 2.92. The highest BCUT2D eigenvalue weighted by molar-refractivity contribution is 6.02. The Kier molecular flexibility index (Phi) is 5.89. The van der Waals surface area contributed by atoms with Gasteiger partial charge in [0.25, 0.3) is 0 Å². The van der Waals surface area contributed by atoms with Gasteiger partial charge in [-0.25, -0.2) is 0 Å². The predicted molar refractivity (Wildman–Crippen MR) is 92.2 cm³/mol. The molecule has 0 radical (unpaired) electrons. The molecule has 6 nitrogen and oxygen atoms in total. The van der Waals surface area contributed by atoms with Crippen LogP contribution in [0.4, 0.5) is 5.82 Å². The Hall–Kier alpha value is -2.89. The maximum absolute atomic E-state index is 12.4. The van der Waals surface area contributed by atoms with Crippen LogP contribution < -0.4 is 10.6 Å². The molecule has 0 fully saturated rings. The summed E-state index contributed by atoms with van der Waals surface area (Å²) in [5.74, 6) is 0.308. The molecule has 2 rings (SSSR count). The lowest BCUT2D eigenvalue weighted by Crippen LogP contribution is -2.42. The Bertz CT molecular complexity index is 735. The monoisotopic (exact) mass is 327 g/mol. The molecule has 0 aliphatic rings. The van der Waals surface area contributed by atoms with E-state index in [9.17, 15) is 9.59 Å².